The third-order valence-corrected chi connectivity index (χ3v) is 5.19. The zero-order valence-electron chi connectivity index (χ0n) is 15.9. The van der Waals surface area contributed by atoms with Crippen molar-refractivity contribution in [1.82, 2.24) is 20.2 Å². The average molecular weight is 383 g/mol. The monoisotopic (exact) mass is 383 g/mol. The molecule has 1 amide bonds. The summed E-state index contributed by atoms with van der Waals surface area (Å²) in [5, 5.41) is 10.0. The normalized spacial score (nSPS) is 13.4. The molecule has 2 heterocycles. The molecule has 0 saturated heterocycles. The van der Waals surface area contributed by atoms with Gasteiger partial charge in [0.25, 0.3) is 0 Å². The number of aromatic nitrogens is 4. The summed E-state index contributed by atoms with van der Waals surface area (Å²) in [6.45, 7) is 0. The second-order valence-electron chi connectivity index (χ2n) is 7.42. The molecule has 4 aromatic rings. The molecule has 0 unspecified atom stereocenters. The van der Waals surface area contributed by atoms with Crippen molar-refractivity contribution in [1.29, 1.82) is 0 Å². The van der Waals surface area contributed by atoms with Gasteiger partial charge in [0.2, 0.25) is 5.91 Å². The van der Waals surface area contributed by atoms with E-state index < -0.39 is 0 Å². The molecule has 1 aliphatic rings. The van der Waals surface area contributed by atoms with Crippen LogP contribution in [-0.2, 0) is 11.2 Å². The summed E-state index contributed by atoms with van der Waals surface area (Å²) in [5.41, 5.74) is 5.37. The lowest BCUT2D eigenvalue weighted by Crippen LogP contribution is -2.14. The third kappa shape index (κ3) is 3.96. The van der Waals surface area contributed by atoms with E-state index in [0.717, 1.165) is 33.8 Å². The minimum Gasteiger partial charge on any atom is -0.345 e. The van der Waals surface area contributed by atoms with Crippen LogP contribution in [0.15, 0.2) is 67.0 Å². The van der Waals surface area contributed by atoms with Crippen LogP contribution >= 0.6 is 0 Å². The van der Waals surface area contributed by atoms with Crippen molar-refractivity contribution >= 4 is 11.7 Å². The van der Waals surface area contributed by atoms with Crippen molar-refractivity contribution in [2.75, 3.05) is 5.32 Å². The van der Waals surface area contributed by atoms with E-state index in [1.165, 1.54) is 12.8 Å². The number of rotatable bonds is 6. The lowest BCUT2D eigenvalue weighted by Gasteiger charge is -2.06. The Bertz CT molecular complexity index is 1110. The molecule has 0 radical (unpaired) electrons. The number of carbonyl (C=O) groups is 1. The van der Waals surface area contributed by atoms with Gasteiger partial charge in [0.1, 0.15) is 5.82 Å². The summed E-state index contributed by atoms with van der Waals surface area (Å²) < 4.78 is 0. The maximum Gasteiger partial charge on any atom is 0.229 e. The largest absolute Gasteiger partial charge is 0.345 e. The summed E-state index contributed by atoms with van der Waals surface area (Å²) in [7, 11) is 0. The van der Waals surface area contributed by atoms with Gasteiger partial charge in [0, 0.05) is 35.6 Å². The molecule has 0 bridgehead atoms. The minimum absolute atomic E-state index is 0.0607. The van der Waals surface area contributed by atoms with Crippen molar-refractivity contribution in [3.63, 3.8) is 0 Å². The summed E-state index contributed by atoms with van der Waals surface area (Å²) >= 11 is 0. The number of benzene rings is 2. The first-order valence-corrected chi connectivity index (χ1v) is 9.79. The molecule has 6 heteroatoms. The number of carbonyl (C=O) groups excluding carboxylic acids is 1. The van der Waals surface area contributed by atoms with Gasteiger partial charge in [0.05, 0.1) is 6.42 Å². The fourth-order valence-electron chi connectivity index (χ4n) is 3.44. The molecule has 1 fully saturated rings. The zero-order chi connectivity index (χ0) is 19.6. The summed E-state index contributed by atoms with van der Waals surface area (Å²) in [6.07, 6.45) is 6.29. The highest BCUT2D eigenvalue weighted by Crippen LogP contribution is 2.39. The lowest BCUT2D eigenvalue weighted by atomic mass is 10.0. The molecule has 0 aliphatic heterocycles. The number of H-pyrrole nitrogens is 2. The third-order valence-electron chi connectivity index (χ3n) is 5.19. The number of imidazole rings is 1. The molecular formula is C23H21N5O. The summed E-state index contributed by atoms with van der Waals surface area (Å²) in [4.78, 5) is 19.7. The van der Waals surface area contributed by atoms with Gasteiger partial charge in [-0.1, -0.05) is 48.5 Å². The molecule has 29 heavy (non-hydrogen) atoms. The fourth-order valence-corrected chi connectivity index (χ4v) is 3.44. The van der Waals surface area contributed by atoms with Gasteiger partial charge in [0.15, 0.2) is 5.82 Å². The molecule has 1 aliphatic carbocycles. The maximum atomic E-state index is 12.3. The topological polar surface area (TPSA) is 86.5 Å². The highest BCUT2D eigenvalue weighted by atomic mass is 16.1. The fraction of sp³-hybridized carbons (Fsp3) is 0.174. The molecule has 5 rings (SSSR count). The average Bonchev–Trinajstić information content (AvgIpc) is 3.24. The molecule has 144 valence electrons. The first-order valence-electron chi connectivity index (χ1n) is 9.79. The number of nitrogens with one attached hydrogen (secondary N) is 3. The molecule has 2 aromatic carbocycles. The van der Waals surface area contributed by atoms with E-state index in [4.69, 9.17) is 0 Å². The highest BCUT2D eigenvalue weighted by Gasteiger charge is 2.25. The van der Waals surface area contributed by atoms with Crippen LogP contribution in [0.5, 0.6) is 0 Å². The Hall–Kier alpha value is -3.67. The number of hydrogen-bond donors (Lipinski definition) is 3. The van der Waals surface area contributed by atoms with Crippen LogP contribution in [-0.4, -0.2) is 26.1 Å². The maximum absolute atomic E-state index is 12.3. The summed E-state index contributed by atoms with van der Waals surface area (Å²) in [6, 6.07) is 18.3. The van der Waals surface area contributed by atoms with Crippen LogP contribution in [0.1, 0.15) is 30.0 Å². The quantitative estimate of drug-likeness (QED) is 0.457. The highest BCUT2D eigenvalue weighted by molar-refractivity contribution is 5.91. The molecule has 6 nitrogen and oxygen atoms in total. The van der Waals surface area contributed by atoms with Gasteiger partial charge < -0.3 is 10.3 Å². The Labute approximate surface area is 168 Å². The van der Waals surface area contributed by atoms with Crippen molar-refractivity contribution in [2.45, 2.75) is 25.2 Å². The molecule has 1 saturated carbocycles. The number of anilines is 1. The zero-order valence-corrected chi connectivity index (χ0v) is 15.9. The van der Waals surface area contributed by atoms with Crippen molar-refractivity contribution in [2.24, 2.45) is 0 Å². The second kappa shape index (κ2) is 7.39. The van der Waals surface area contributed by atoms with Crippen LogP contribution in [0.3, 0.4) is 0 Å². The summed E-state index contributed by atoms with van der Waals surface area (Å²) in [5.74, 6) is 1.99. The van der Waals surface area contributed by atoms with E-state index in [2.05, 4.69) is 49.7 Å². The van der Waals surface area contributed by atoms with Gasteiger partial charge in [-0.2, -0.15) is 5.10 Å². The van der Waals surface area contributed by atoms with Gasteiger partial charge >= 0.3 is 0 Å². The number of hydrogen-bond acceptors (Lipinski definition) is 3. The first-order chi connectivity index (χ1) is 14.2. The van der Waals surface area contributed by atoms with Gasteiger partial charge in [-0.15, -0.1) is 0 Å². The van der Waals surface area contributed by atoms with Crippen molar-refractivity contribution in [3.8, 4) is 22.5 Å². The predicted molar refractivity (Wildman–Crippen MR) is 112 cm³/mol. The Morgan fingerprint density at radius 2 is 1.69 bits per heavy atom. The van der Waals surface area contributed by atoms with Crippen molar-refractivity contribution in [3.05, 3.63) is 78.2 Å². The van der Waals surface area contributed by atoms with E-state index in [1.54, 1.807) is 6.20 Å². The molecule has 0 spiro atoms. The van der Waals surface area contributed by atoms with E-state index >= 15 is 0 Å². The van der Waals surface area contributed by atoms with Crippen LogP contribution in [0.2, 0.25) is 0 Å². The Kier molecular flexibility index (Phi) is 4.44. The lowest BCUT2D eigenvalue weighted by molar-refractivity contribution is -0.115. The van der Waals surface area contributed by atoms with Crippen LogP contribution < -0.4 is 5.32 Å². The van der Waals surface area contributed by atoms with E-state index in [0.29, 0.717) is 18.2 Å². The molecule has 3 N–H and O–H groups in total. The predicted octanol–water partition coefficient (Wildman–Crippen LogP) is 4.53. The van der Waals surface area contributed by atoms with Crippen molar-refractivity contribution < 1.29 is 4.79 Å². The standard InChI is InChI=1S/C23H21N5O/c29-22(26-21-14-20(27-28-21)18-7-8-18)13-15-1-3-16(4-2-15)17-5-9-19(10-6-17)23-24-11-12-25-23/h1-6,9-12,14,18H,7-8,13H2,(H,24,25)(H2,26,27,28,29). The molecular weight excluding hydrogens is 362 g/mol. The Morgan fingerprint density at radius 1 is 1.00 bits per heavy atom. The minimum atomic E-state index is -0.0607. The molecule has 0 atom stereocenters. The Balaban J connectivity index is 1.22. The van der Waals surface area contributed by atoms with Gasteiger partial charge in [-0.3, -0.25) is 9.89 Å². The first kappa shape index (κ1) is 17.4. The number of nitrogens with zero attached hydrogens (tertiary/aromatic N) is 2. The van der Waals surface area contributed by atoms with E-state index in [9.17, 15) is 4.79 Å². The smallest absolute Gasteiger partial charge is 0.229 e. The van der Waals surface area contributed by atoms with Crippen LogP contribution in [0, 0.1) is 0 Å². The van der Waals surface area contributed by atoms with Crippen LogP contribution in [0.4, 0.5) is 5.82 Å². The van der Waals surface area contributed by atoms with E-state index in [-0.39, 0.29) is 5.91 Å². The second-order valence-corrected chi connectivity index (χ2v) is 7.42. The van der Waals surface area contributed by atoms with E-state index in [1.807, 2.05) is 36.5 Å². The molecule has 2 aromatic heterocycles. The number of amides is 1. The SMILES string of the molecule is O=C(Cc1ccc(-c2ccc(-c3ncc[nH]3)cc2)cc1)Nc1cc(C2CC2)[nH]n1. The van der Waals surface area contributed by atoms with Gasteiger partial charge in [-0.25, -0.2) is 4.98 Å². The number of aromatic amines is 2. The van der Waals surface area contributed by atoms with Crippen LogP contribution in [0.25, 0.3) is 22.5 Å². The van der Waals surface area contributed by atoms with Gasteiger partial charge in [-0.05, 0) is 29.5 Å². The Morgan fingerprint density at radius 3 is 2.34 bits per heavy atom.